The number of fused-ring (bicyclic) bond motifs is 1. The highest BCUT2D eigenvalue weighted by atomic mass is 16.4. The predicted molar refractivity (Wildman–Crippen MR) is 73.7 cm³/mol. The van der Waals surface area contributed by atoms with Crippen molar-refractivity contribution in [3.8, 4) is 0 Å². The number of carboxylic acids is 1. The van der Waals surface area contributed by atoms with Crippen LogP contribution in [0.1, 0.15) is 34.3 Å². The first kappa shape index (κ1) is 13.0. The number of carboxylic acid groups (broad SMARTS) is 1. The Hall–Kier alpha value is -2.04. The van der Waals surface area contributed by atoms with Gasteiger partial charge in [0.25, 0.3) is 0 Å². The molecular formula is C15H18N2O3. The molecule has 1 aromatic carbocycles. The van der Waals surface area contributed by atoms with Crippen molar-refractivity contribution in [3.05, 3.63) is 34.9 Å². The first-order valence-corrected chi connectivity index (χ1v) is 6.93. The molecule has 0 unspecified atom stereocenters. The first-order chi connectivity index (χ1) is 9.58. The Bertz CT molecular complexity index is 566. The van der Waals surface area contributed by atoms with E-state index in [0.717, 1.165) is 24.0 Å². The lowest BCUT2D eigenvalue weighted by Crippen LogP contribution is -2.44. The van der Waals surface area contributed by atoms with Crippen molar-refractivity contribution in [2.24, 2.45) is 0 Å². The summed E-state index contributed by atoms with van der Waals surface area (Å²) in [6.45, 7) is 1.10. The second-order valence-electron chi connectivity index (χ2n) is 5.54. The molecule has 1 aliphatic heterocycles. The van der Waals surface area contributed by atoms with Crippen molar-refractivity contribution < 1.29 is 14.7 Å². The minimum Gasteiger partial charge on any atom is -0.478 e. The Morgan fingerprint density at radius 2 is 2.10 bits per heavy atom. The van der Waals surface area contributed by atoms with Gasteiger partial charge in [-0.1, -0.05) is 12.1 Å². The van der Waals surface area contributed by atoms with E-state index in [1.807, 2.05) is 22.9 Å². The minimum absolute atomic E-state index is 0.0545. The quantitative estimate of drug-likeness (QED) is 0.896. The molecule has 1 heterocycles. The number of nitrogens with zero attached hydrogens (tertiary/aromatic N) is 2. The lowest BCUT2D eigenvalue weighted by atomic mass is 9.94. The van der Waals surface area contributed by atoms with Crippen molar-refractivity contribution >= 4 is 12.0 Å². The van der Waals surface area contributed by atoms with Gasteiger partial charge in [0, 0.05) is 26.2 Å². The van der Waals surface area contributed by atoms with Crippen LogP contribution in [-0.4, -0.2) is 46.5 Å². The topological polar surface area (TPSA) is 60.9 Å². The number of amides is 2. The van der Waals surface area contributed by atoms with Crippen LogP contribution in [-0.2, 0) is 13.0 Å². The van der Waals surface area contributed by atoms with Crippen LogP contribution < -0.4 is 0 Å². The lowest BCUT2D eigenvalue weighted by Gasteiger charge is -2.33. The minimum atomic E-state index is -0.892. The Morgan fingerprint density at radius 1 is 1.35 bits per heavy atom. The zero-order chi connectivity index (χ0) is 14.3. The molecule has 0 saturated heterocycles. The van der Waals surface area contributed by atoms with Crippen molar-refractivity contribution in [1.29, 1.82) is 0 Å². The molecule has 3 rings (SSSR count). The summed E-state index contributed by atoms with van der Waals surface area (Å²) in [5.74, 6) is -0.892. The van der Waals surface area contributed by atoms with Gasteiger partial charge in [-0.15, -0.1) is 0 Å². The van der Waals surface area contributed by atoms with Crippen molar-refractivity contribution in [2.45, 2.75) is 31.8 Å². The average Bonchev–Trinajstić information content (AvgIpc) is 3.28. The number of hydrogen-bond donors (Lipinski definition) is 1. The van der Waals surface area contributed by atoms with Gasteiger partial charge >= 0.3 is 12.0 Å². The molecule has 1 aromatic rings. The molecule has 2 amide bonds. The zero-order valence-electron chi connectivity index (χ0n) is 11.5. The fourth-order valence-corrected chi connectivity index (χ4v) is 2.81. The van der Waals surface area contributed by atoms with E-state index in [9.17, 15) is 14.7 Å². The van der Waals surface area contributed by atoms with E-state index in [2.05, 4.69) is 0 Å². The Morgan fingerprint density at radius 3 is 2.75 bits per heavy atom. The van der Waals surface area contributed by atoms with Gasteiger partial charge in [0.15, 0.2) is 0 Å². The average molecular weight is 274 g/mol. The monoisotopic (exact) mass is 274 g/mol. The van der Waals surface area contributed by atoms with Crippen LogP contribution in [0.15, 0.2) is 18.2 Å². The number of carbonyl (C=O) groups excluding carboxylic acids is 1. The molecule has 0 bridgehead atoms. The Kier molecular flexibility index (Phi) is 3.12. The van der Waals surface area contributed by atoms with E-state index in [4.69, 9.17) is 0 Å². The molecule has 20 heavy (non-hydrogen) atoms. The lowest BCUT2D eigenvalue weighted by molar-refractivity contribution is 0.0695. The predicted octanol–water partition coefficient (Wildman–Crippen LogP) is 1.96. The maximum Gasteiger partial charge on any atom is 0.335 e. The zero-order valence-corrected chi connectivity index (χ0v) is 11.5. The summed E-state index contributed by atoms with van der Waals surface area (Å²) >= 11 is 0. The fraction of sp³-hybridized carbons (Fsp3) is 0.467. The van der Waals surface area contributed by atoms with Crippen LogP contribution in [0.2, 0.25) is 0 Å². The SMILES string of the molecule is CN(C(=O)N1CCc2c(cccc2C(=O)O)C1)C1CC1. The number of hydrogen-bond acceptors (Lipinski definition) is 2. The highest BCUT2D eigenvalue weighted by molar-refractivity contribution is 5.90. The molecular weight excluding hydrogens is 256 g/mol. The highest BCUT2D eigenvalue weighted by Gasteiger charge is 2.33. The first-order valence-electron chi connectivity index (χ1n) is 6.93. The van der Waals surface area contributed by atoms with Crippen LogP contribution >= 0.6 is 0 Å². The number of aromatic carboxylic acids is 1. The molecule has 2 aliphatic rings. The third kappa shape index (κ3) is 2.24. The summed E-state index contributed by atoms with van der Waals surface area (Å²) in [7, 11) is 1.85. The smallest absolute Gasteiger partial charge is 0.335 e. The maximum absolute atomic E-state index is 12.3. The Balaban J connectivity index is 1.80. The van der Waals surface area contributed by atoms with Gasteiger partial charge in [-0.25, -0.2) is 9.59 Å². The number of rotatable bonds is 2. The summed E-state index contributed by atoms with van der Waals surface area (Å²) in [6, 6.07) is 5.75. The molecule has 0 aromatic heterocycles. The van der Waals surface area contributed by atoms with E-state index >= 15 is 0 Å². The number of benzene rings is 1. The van der Waals surface area contributed by atoms with E-state index in [1.54, 1.807) is 12.1 Å². The van der Waals surface area contributed by atoms with Crippen molar-refractivity contribution in [3.63, 3.8) is 0 Å². The van der Waals surface area contributed by atoms with Gasteiger partial charge < -0.3 is 14.9 Å². The van der Waals surface area contributed by atoms with Gasteiger partial charge in [-0.3, -0.25) is 0 Å². The molecule has 1 N–H and O–H groups in total. The molecule has 5 heteroatoms. The third-order valence-electron chi connectivity index (χ3n) is 4.16. The molecule has 0 atom stereocenters. The van der Waals surface area contributed by atoms with E-state index in [-0.39, 0.29) is 6.03 Å². The summed E-state index contributed by atoms with van der Waals surface area (Å²) < 4.78 is 0. The summed E-state index contributed by atoms with van der Waals surface area (Å²) in [5, 5.41) is 9.20. The molecule has 5 nitrogen and oxygen atoms in total. The highest BCUT2D eigenvalue weighted by Crippen LogP contribution is 2.28. The fourth-order valence-electron chi connectivity index (χ4n) is 2.81. The largest absolute Gasteiger partial charge is 0.478 e. The number of carbonyl (C=O) groups is 2. The summed E-state index contributed by atoms with van der Waals surface area (Å²) in [5.41, 5.74) is 2.19. The van der Waals surface area contributed by atoms with E-state index in [0.29, 0.717) is 31.1 Å². The second-order valence-corrected chi connectivity index (χ2v) is 5.54. The maximum atomic E-state index is 12.3. The van der Waals surface area contributed by atoms with Gasteiger partial charge in [-0.05, 0) is 36.5 Å². The van der Waals surface area contributed by atoms with Crippen LogP contribution in [0.25, 0.3) is 0 Å². The number of urea groups is 1. The molecule has 1 saturated carbocycles. The van der Waals surface area contributed by atoms with Crippen LogP contribution in [0, 0.1) is 0 Å². The molecule has 106 valence electrons. The summed E-state index contributed by atoms with van der Waals surface area (Å²) in [6.07, 6.45) is 2.80. The third-order valence-corrected chi connectivity index (χ3v) is 4.16. The second kappa shape index (κ2) is 4.81. The van der Waals surface area contributed by atoms with Crippen molar-refractivity contribution in [1.82, 2.24) is 9.80 Å². The van der Waals surface area contributed by atoms with Crippen molar-refractivity contribution in [2.75, 3.05) is 13.6 Å². The van der Waals surface area contributed by atoms with Gasteiger partial charge in [-0.2, -0.15) is 0 Å². The Labute approximate surface area is 117 Å². The molecule has 0 spiro atoms. The van der Waals surface area contributed by atoms with Gasteiger partial charge in [0.2, 0.25) is 0 Å². The van der Waals surface area contributed by atoms with Crippen LogP contribution in [0.3, 0.4) is 0 Å². The molecule has 1 aliphatic carbocycles. The van der Waals surface area contributed by atoms with Crippen LogP contribution in [0.5, 0.6) is 0 Å². The van der Waals surface area contributed by atoms with E-state index in [1.165, 1.54) is 0 Å². The normalized spacial score (nSPS) is 17.6. The summed E-state index contributed by atoms with van der Waals surface area (Å²) in [4.78, 5) is 27.2. The van der Waals surface area contributed by atoms with Crippen LogP contribution in [0.4, 0.5) is 4.79 Å². The van der Waals surface area contributed by atoms with E-state index < -0.39 is 5.97 Å². The standard InChI is InChI=1S/C15H18N2O3/c1-16(11-5-6-11)15(20)17-8-7-12-10(9-17)3-2-4-13(12)14(18)19/h2-4,11H,5-9H2,1H3,(H,18,19). The van der Waals surface area contributed by atoms with Gasteiger partial charge in [0.1, 0.15) is 0 Å². The van der Waals surface area contributed by atoms with Gasteiger partial charge in [0.05, 0.1) is 5.56 Å². The molecule has 1 fully saturated rings. The molecule has 0 radical (unpaired) electrons.